The molecule has 4 heteroatoms. The van der Waals surface area contributed by atoms with Crippen LogP contribution in [0.25, 0.3) is 0 Å². The largest absolute Gasteiger partial charge is 0.371 e. The summed E-state index contributed by atoms with van der Waals surface area (Å²) in [7, 11) is 1.50. The zero-order valence-electron chi connectivity index (χ0n) is 18.7. The Morgan fingerprint density at radius 3 is 2.38 bits per heavy atom. The number of hydrogen-bond donors (Lipinski definition) is 1. The van der Waals surface area contributed by atoms with Crippen LogP contribution in [0.3, 0.4) is 0 Å². The molecule has 0 saturated carbocycles. The highest BCUT2D eigenvalue weighted by atomic mass is 15.1. The molecule has 0 amide bonds. The SMILES string of the molecule is C=C/C(C)=C\C=C(/C)N1CCC(N=CN=C)=C(Cc2cc(C)cc(C)c2)C1.CN. The lowest BCUT2D eigenvalue weighted by Crippen LogP contribution is -2.30. The highest BCUT2D eigenvalue weighted by Crippen LogP contribution is 2.25. The van der Waals surface area contributed by atoms with E-state index in [0.29, 0.717) is 0 Å². The van der Waals surface area contributed by atoms with Gasteiger partial charge in [-0.3, -0.25) is 4.99 Å². The van der Waals surface area contributed by atoms with Crippen molar-refractivity contribution in [2.24, 2.45) is 15.7 Å². The summed E-state index contributed by atoms with van der Waals surface area (Å²) >= 11 is 0. The lowest BCUT2D eigenvalue weighted by Gasteiger charge is -2.32. The van der Waals surface area contributed by atoms with Gasteiger partial charge < -0.3 is 10.6 Å². The predicted molar refractivity (Wildman–Crippen MR) is 129 cm³/mol. The van der Waals surface area contributed by atoms with Gasteiger partial charge in [-0.25, -0.2) is 4.99 Å². The number of nitrogens with two attached hydrogens (primary N) is 1. The molecule has 0 radical (unpaired) electrons. The first-order valence-electron chi connectivity index (χ1n) is 9.99. The molecule has 0 aromatic heterocycles. The van der Waals surface area contributed by atoms with Gasteiger partial charge in [0.15, 0.2) is 0 Å². The van der Waals surface area contributed by atoms with Crippen LogP contribution in [0.15, 0.2) is 75.5 Å². The summed E-state index contributed by atoms with van der Waals surface area (Å²) in [6.07, 6.45) is 9.56. The van der Waals surface area contributed by atoms with Crippen molar-refractivity contribution in [3.05, 3.63) is 82.2 Å². The van der Waals surface area contributed by atoms with Crippen molar-refractivity contribution in [1.82, 2.24) is 4.90 Å². The van der Waals surface area contributed by atoms with Crippen LogP contribution in [0.5, 0.6) is 0 Å². The van der Waals surface area contributed by atoms with E-state index in [1.807, 2.05) is 6.08 Å². The van der Waals surface area contributed by atoms with Crippen LogP contribution in [0, 0.1) is 13.8 Å². The van der Waals surface area contributed by atoms with Gasteiger partial charge in [-0.2, -0.15) is 0 Å². The van der Waals surface area contributed by atoms with Crippen molar-refractivity contribution in [2.75, 3.05) is 20.1 Å². The van der Waals surface area contributed by atoms with Gasteiger partial charge in [-0.1, -0.05) is 53.6 Å². The molecule has 0 atom stereocenters. The Labute approximate surface area is 176 Å². The minimum Gasteiger partial charge on any atom is -0.371 e. The summed E-state index contributed by atoms with van der Waals surface area (Å²) in [6, 6.07) is 6.75. The van der Waals surface area contributed by atoms with Crippen LogP contribution in [0.4, 0.5) is 0 Å². The van der Waals surface area contributed by atoms with E-state index < -0.39 is 0 Å². The van der Waals surface area contributed by atoms with Gasteiger partial charge in [0.25, 0.3) is 0 Å². The molecule has 0 spiro atoms. The second-order valence-electron chi connectivity index (χ2n) is 7.24. The lowest BCUT2D eigenvalue weighted by atomic mass is 9.96. The Hall–Kier alpha value is -2.72. The van der Waals surface area contributed by atoms with E-state index in [4.69, 9.17) is 0 Å². The van der Waals surface area contributed by atoms with Crippen molar-refractivity contribution >= 4 is 13.1 Å². The number of aryl methyl sites for hydroxylation is 2. The Morgan fingerprint density at radius 1 is 1.14 bits per heavy atom. The van der Waals surface area contributed by atoms with E-state index in [1.54, 1.807) is 6.34 Å². The molecular weight excluding hydrogens is 356 g/mol. The zero-order chi connectivity index (χ0) is 21.8. The number of rotatable bonds is 7. The molecule has 29 heavy (non-hydrogen) atoms. The van der Waals surface area contributed by atoms with Gasteiger partial charge >= 0.3 is 0 Å². The number of hydrogen-bond acceptors (Lipinski definition) is 3. The molecule has 2 N–H and O–H groups in total. The Bertz CT molecular complexity index is 805. The second kappa shape index (κ2) is 12.7. The van der Waals surface area contributed by atoms with E-state index in [9.17, 15) is 0 Å². The third-order valence-electron chi connectivity index (χ3n) is 4.81. The molecule has 1 aliphatic heterocycles. The summed E-state index contributed by atoms with van der Waals surface area (Å²) in [6.45, 7) is 17.7. The Morgan fingerprint density at radius 2 is 1.79 bits per heavy atom. The summed E-state index contributed by atoms with van der Waals surface area (Å²) < 4.78 is 0. The molecule has 0 unspecified atom stereocenters. The first-order chi connectivity index (χ1) is 13.9. The zero-order valence-corrected chi connectivity index (χ0v) is 18.7. The smallest absolute Gasteiger partial charge is 0.114 e. The average Bonchev–Trinajstić information content (AvgIpc) is 2.71. The molecule has 0 saturated heterocycles. The van der Waals surface area contributed by atoms with E-state index >= 15 is 0 Å². The summed E-state index contributed by atoms with van der Waals surface area (Å²) in [5.41, 5.74) is 13.4. The molecule has 1 aromatic carbocycles. The van der Waals surface area contributed by atoms with Gasteiger partial charge in [0, 0.05) is 30.9 Å². The summed E-state index contributed by atoms with van der Waals surface area (Å²) in [5.74, 6) is 0. The van der Waals surface area contributed by atoms with E-state index in [2.05, 4.69) is 92.0 Å². The van der Waals surface area contributed by atoms with Crippen molar-refractivity contribution in [3.8, 4) is 0 Å². The fraction of sp³-hybridized carbons (Fsp3) is 0.360. The van der Waals surface area contributed by atoms with Gasteiger partial charge in [0.05, 0.1) is 0 Å². The summed E-state index contributed by atoms with van der Waals surface area (Å²) in [5, 5.41) is 0. The van der Waals surface area contributed by atoms with Crippen LogP contribution in [0.1, 0.15) is 37.0 Å². The second-order valence-corrected chi connectivity index (χ2v) is 7.24. The van der Waals surface area contributed by atoms with Crippen LogP contribution in [0.2, 0.25) is 0 Å². The van der Waals surface area contributed by atoms with Gasteiger partial charge in [0.1, 0.15) is 6.34 Å². The quantitative estimate of drug-likeness (QED) is 0.396. The van der Waals surface area contributed by atoms with E-state index in [0.717, 1.165) is 31.6 Å². The predicted octanol–water partition coefficient (Wildman–Crippen LogP) is 5.15. The van der Waals surface area contributed by atoms with Crippen LogP contribution in [-0.4, -0.2) is 38.1 Å². The number of benzene rings is 1. The maximum Gasteiger partial charge on any atom is 0.114 e. The minimum absolute atomic E-state index is 0.889. The topological polar surface area (TPSA) is 54.0 Å². The van der Waals surface area contributed by atoms with E-state index in [-0.39, 0.29) is 0 Å². The number of aliphatic imine (C=N–C) groups is 2. The lowest BCUT2D eigenvalue weighted by molar-refractivity contribution is 0.353. The molecule has 1 heterocycles. The molecule has 0 aliphatic carbocycles. The number of nitrogens with zero attached hydrogens (tertiary/aromatic N) is 3. The molecular formula is C25H36N4. The minimum atomic E-state index is 0.889. The van der Waals surface area contributed by atoms with Crippen LogP contribution < -0.4 is 5.73 Å². The van der Waals surface area contributed by atoms with Crippen molar-refractivity contribution < 1.29 is 0 Å². The van der Waals surface area contributed by atoms with Crippen molar-refractivity contribution in [3.63, 3.8) is 0 Å². The summed E-state index contributed by atoms with van der Waals surface area (Å²) in [4.78, 5) is 10.8. The van der Waals surface area contributed by atoms with E-state index in [1.165, 1.54) is 40.6 Å². The van der Waals surface area contributed by atoms with Crippen LogP contribution >= 0.6 is 0 Å². The first kappa shape index (κ1) is 24.3. The standard InChI is InChI=1S/C24H31N3.CH5N/c1-7-18(2)8-9-21(5)27-11-10-24(26-17-25-6)23(16-27)15-22-13-19(3)12-20(4)14-22;1-2/h7-9,12-14,17H,1,6,10-11,15-16H2,2-5H3;2H2,1H3/b18-8-,21-9+,26-17?;. The monoisotopic (exact) mass is 392 g/mol. The Balaban J connectivity index is 0.00000204. The molecule has 1 aromatic rings. The third kappa shape index (κ3) is 8.04. The molecule has 0 fully saturated rings. The average molecular weight is 393 g/mol. The normalized spacial score (nSPS) is 15.3. The highest BCUT2D eigenvalue weighted by Gasteiger charge is 2.19. The fourth-order valence-electron chi connectivity index (χ4n) is 3.39. The van der Waals surface area contributed by atoms with Crippen molar-refractivity contribution in [1.29, 1.82) is 0 Å². The van der Waals surface area contributed by atoms with Gasteiger partial charge in [0.2, 0.25) is 0 Å². The molecule has 1 aliphatic rings. The molecule has 0 bridgehead atoms. The highest BCUT2D eigenvalue weighted by molar-refractivity contribution is 5.63. The maximum absolute atomic E-state index is 4.56. The first-order valence-corrected chi connectivity index (χ1v) is 9.99. The Kier molecular flexibility index (Phi) is 10.6. The maximum atomic E-state index is 4.56. The van der Waals surface area contributed by atoms with Gasteiger partial charge in [-0.05, 0) is 65.1 Å². The van der Waals surface area contributed by atoms with Gasteiger partial charge in [-0.15, -0.1) is 0 Å². The molecule has 156 valence electrons. The molecule has 2 rings (SSSR count). The number of allylic oxidation sites excluding steroid dienone is 5. The third-order valence-corrected chi connectivity index (χ3v) is 4.81. The molecule has 4 nitrogen and oxygen atoms in total. The van der Waals surface area contributed by atoms with Crippen LogP contribution in [-0.2, 0) is 6.42 Å². The fourth-order valence-corrected chi connectivity index (χ4v) is 3.39. The van der Waals surface area contributed by atoms with Crippen molar-refractivity contribution in [2.45, 2.75) is 40.5 Å².